The van der Waals surface area contributed by atoms with Gasteiger partial charge in [-0.05, 0) is 30.7 Å². The van der Waals surface area contributed by atoms with Gasteiger partial charge in [0.2, 0.25) is 0 Å². The van der Waals surface area contributed by atoms with E-state index in [-0.39, 0.29) is 17.2 Å². The molecule has 0 bridgehead atoms. The predicted octanol–water partition coefficient (Wildman–Crippen LogP) is 4.01. The number of urea groups is 1. The van der Waals surface area contributed by atoms with Crippen LogP contribution in [0.25, 0.3) is 0 Å². The van der Waals surface area contributed by atoms with Gasteiger partial charge < -0.3 is 14.6 Å². The van der Waals surface area contributed by atoms with E-state index in [9.17, 15) is 14.7 Å². The molecule has 9 heteroatoms. The summed E-state index contributed by atoms with van der Waals surface area (Å²) in [5, 5.41) is 12.8. The Labute approximate surface area is 196 Å². The van der Waals surface area contributed by atoms with Crippen LogP contribution in [-0.2, 0) is 13.0 Å². The number of amides is 3. The highest BCUT2D eigenvalue weighted by Crippen LogP contribution is 2.21. The van der Waals surface area contributed by atoms with Crippen LogP contribution in [0.3, 0.4) is 0 Å². The fourth-order valence-electron chi connectivity index (χ4n) is 3.38. The van der Waals surface area contributed by atoms with Crippen LogP contribution in [0, 0.1) is 0 Å². The summed E-state index contributed by atoms with van der Waals surface area (Å²) in [5.74, 6) is -0.640. The summed E-state index contributed by atoms with van der Waals surface area (Å²) in [5.41, 5.74) is 2.02. The second-order valence-corrected chi connectivity index (χ2v) is 8.08. The number of likely N-dealkylation sites (N-methyl/N-ethyl adjacent to an activating group) is 1. The first-order valence-corrected chi connectivity index (χ1v) is 10.9. The van der Waals surface area contributed by atoms with Gasteiger partial charge in [0.25, 0.3) is 5.91 Å². The fourth-order valence-corrected chi connectivity index (χ4v) is 3.88. The van der Waals surface area contributed by atoms with E-state index >= 15 is 0 Å². The van der Waals surface area contributed by atoms with Gasteiger partial charge in [-0.25, -0.2) is 9.78 Å². The first-order chi connectivity index (χ1) is 15.4. The summed E-state index contributed by atoms with van der Waals surface area (Å²) >= 11 is 11.9. The van der Waals surface area contributed by atoms with Crippen LogP contribution in [0.5, 0.6) is 0 Å². The van der Waals surface area contributed by atoms with Crippen LogP contribution >= 0.6 is 23.2 Å². The van der Waals surface area contributed by atoms with Crippen LogP contribution in [0.15, 0.2) is 61.1 Å². The van der Waals surface area contributed by atoms with Crippen molar-refractivity contribution in [1.29, 1.82) is 0 Å². The molecule has 3 amide bonds. The quantitative estimate of drug-likeness (QED) is 0.516. The number of carbonyl (C=O) groups is 2. The number of nitrogens with one attached hydrogen (secondary N) is 1. The molecule has 0 fully saturated rings. The van der Waals surface area contributed by atoms with Crippen molar-refractivity contribution in [3.63, 3.8) is 0 Å². The molecular weight excluding hydrogens is 451 g/mol. The number of aliphatic hydroxyl groups excluding tert-OH is 1. The largest absolute Gasteiger partial charge is 0.394 e. The molecule has 3 rings (SSSR count). The SMILES string of the molecule is CCN(C(=O)NC(=O)c1ccc(Cl)cc1Cl)[C@H](CO)Cc1cn(Cc2ccccc2)cn1. The number of rotatable bonds is 8. The highest BCUT2D eigenvalue weighted by molar-refractivity contribution is 6.37. The maximum absolute atomic E-state index is 12.8. The maximum Gasteiger partial charge on any atom is 0.324 e. The van der Waals surface area contributed by atoms with Gasteiger partial charge >= 0.3 is 6.03 Å². The summed E-state index contributed by atoms with van der Waals surface area (Å²) in [6, 6.07) is 13.2. The standard InChI is InChI=1S/C23H24Cl2N4O3/c1-2-29(23(32)27-22(31)20-9-8-17(24)10-21(20)25)19(14-30)11-18-13-28(15-26-18)12-16-6-4-3-5-7-16/h3-10,13,15,19,30H,2,11-12,14H2,1H3,(H,27,31,32)/t19-/m0/s1. The molecule has 0 aliphatic heterocycles. The number of hydrogen-bond donors (Lipinski definition) is 2. The lowest BCUT2D eigenvalue weighted by Crippen LogP contribution is -2.50. The fraction of sp³-hybridized carbons (Fsp3) is 0.261. The molecule has 7 nitrogen and oxygen atoms in total. The van der Waals surface area contributed by atoms with E-state index in [2.05, 4.69) is 10.3 Å². The van der Waals surface area contributed by atoms with Gasteiger partial charge in [-0.3, -0.25) is 10.1 Å². The molecule has 0 unspecified atom stereocenters. The Bertz CT molecular complexity index is 1070. The average molecular weight is 475 g/mol. The Morgan fingerprint density at radius 3 is 2.59 bits per heavy atom. The van der Waals surface area contributed by atoms with Crippen molar-refractivity contribution in [3.05, 3.63) is 87.9 Å². The smallest absolute Gasteiger partial charge is 0.324 e. The molecule has 0 spiro atoms. The van der Waals surface area contributed by atoms with E-state index in [0.29, 0.717) is 24.5 Å². The lowest BCUT2D eigenvalue weighted by molar-refractivity contribution is 0.0929. The second kappa shape index (κ2) is 11.1. The number of benzene rings is 2. The molecule has 0 saturated carbocycles. The second-order valence-electron chi connectivity index (χ2n) is 7.23. The molecule has 1 aromatic heterocycles. The van der Waals surface area contributed by atoms with Crippen molar-refractivity contribution < 1.29 is 14.7 Å². The van der Waals surface area contributed by atoms with Crippen molar-refractivity contribution in [1.82, 2.24) is 19.8 Å². The molecule has 2 aromatic carbocycles. The summed E-state index contributed by atoms with van der Waals surface area (Å²) < 4.78 is 1.95. The molecule has 0 aliphatic rings. The summed E-state index contributed by atoms with van der Waals surface area (Å²) in [7, 11) is 0. The first-order valence-electron chi connectivity index (χ1n) is 10.1. The Morgan fingerprint density at radius 1 is 1.19 bits per heavy atom. The monoisotopic (exact) mass is 474 g/mol. The van der Waals surface area contributed by atoms with E-state index in [4.69, 9.17) is 23.2 Å². The van der Waals surface area contributed by atoms with Gasteiger partial charge in [-0.15, -0.1) is 0 Å². The third-order valence-corrected chi connectivity index (χ3v) is 5.54. The van der Waals surface area contributed by atoms with Crippen molar-refractivity contribution in [2.24, 2.45) is 0 Å². The van der Waals surface area contributed by atoms with Gasteiger partial charge in [0.1, 0.15) is 0 Å². The number of carbonyl (C=O) groups excluding carboxylic acids is 2. The Morgan fingerprint density at radius 2 is 1.94 bits per heavy atom. The predicted molar refractivity (Wildman–Crippen MR) is 124 cm³/mol. The van der Waals surface area contributed by atoms with Gasteiger partial charge in [-0.2, -0.15) is 0 Å². The summed E-state index contributed by atoms with van der Waals surface area (Å²) in [4.78, 5) is 31.1. The van der Waals surface area contributed by atoms with Crippen LogP contribution in [0.1, 0.15) is 28.5 Å². The van der Waals surface area contributed by atoms with Crippen molar-refractivity contribution in [3.8, 4) is 0 Å². The zero-order chi connectivity index (χ0) is 23.1. The molecule has 3 aromatic rings. The highest BCUT2D eigenvalue weighted by atomic mass is 35.5. The topological polar surface area (TPSA) is 87.5 Å². The minimum atomic E-state index is -0.640. The van der Waals surface area contributed by atoms with Crippen molar-refractivity contribution in [2.45, 2.75) is 25.9 Å². The highest BCUT2D eigenvalue weighted by Gasteiger charge is 2.25. The number of aliphatic hydroxyl groups is 1. The van der Waals surface area contributed by atoms with E-state index in [1.54, 1.807) is 13.3 Å². The van der Waals surface area contributed by atoms with Crippen molar-refractivity contribution >= 4 is 35.1 Å². The van der Waals surface area contributed by atoms with E-state index in [1.165, 1.54) is 23.1 Å². The molecule has 1 heterocycles. The molecule has 0 saturated heterocycles. The Kier molecular flexibility index (Phi) is 8.27. The van der Waals surface area contributed by atoms with Crippen LogP contribution in [0.4, 0.5) is 4.79 Å². The average Bonchev–Trinajstić information content (AvgIpc) is 3.20. The Hall–Kier alpha value is -2.87. The van der Waals surface area contributed by atoms with E-state index < -0.39 is 18.0 Å². The van der Waals surface area contributed by atoms with Crippen LogP contribution in [0.2, 0.25) is 10.0 Å². The van der Waals surface area contributed by atoms with Crippen molar-refractivity contribution in [2.75, 3.05) is 13.2 Å². The van der Waals surface area contributed by atoms with Crippen LogP contribution in [-0.4, -0.2) is 50.7 Å². The molecule has 168 valence electrons. The normalized spacial score (nSPS) is 11.8. The minimum Gasteiger partial charge on any atom is -0.394 e. The zero-order valence-electron chi connectivity index (χ0n) is 17.5. The lowest BCUT2D eigenvalue weighted by Gasteiger charge is -2.29. The molecule has 0 radical (unpaired) electrons. The van der Waals surface area contributed by atoms with Gasteiger partial charge in [-0.1, -0.05) is 53.5 Å². The third-order valence-electron chi connectivity index (χ3n) is 4.99. The van der Waals surface area contributed by atoms with E-state index in [1.807, 2.05) is 41.1 Å². The third kappa shape index (κ3) is 6.09. The number of hydrogen-bond acceptors (Lipinski definition) is 4. The number of nitrogens with zero attached hydrogens (tertiary/aromatic N) is 3. The molecule has 0 aliphatic carbocycles. The van der Waals surface area contributed by atoms with Gasteiger partial charge in [0, 0.05) is 30.7 Å². The number of halogens is 2. The Balaban J connectivity index is 1.65. The van der Waals surface area contributed by atoms with Gasteiger partial charge in [0.15, 0.2) is 0 Å². The van der Waals surface area contributed by atoms with E-state index in [0.717, 1.165) is 11.3 Å². The lowest BCUT2D eigenvalue weighted by atomic mass is 10.1. The first kappa shape index (κ1) is 23.8. The molecule has 32 heavy (non-hydrogen) atoms. The molecule has 2 N–H and O–H groups in total. The number of aromatic nitrogens is 2. The maximum atomic E-state index is 12.8. The van der Waals surface area contributed by atoms with Crippen LogP contribution < -0.4 is 5.32 Å². The molecule has 1 atom stereocenters. The number of imide groups is 1. The van der Waals surface area contributed by atoms with Gasteiger partial charge in [0.05, 0.1) is 35.3 Å². The number of imidazole rings is 1. The summed E-state index contributed by atoms with van der Waals surface area (Å²) in [6.45, 7) is 2.47. The minimum absolute atomic E-state index is 0.140. The zero-order valence-corrected chi connectivity index (χ0v) is 19.1. The molecular formula is C23H24Cl2N4O3. The summed E-state index contributed by atoms with van der Waals surface area (Å²) in [6.07, 6.45) is 3.95.